The molecule has 1 nitrogen and oxygen atoms in total. The molecule has 5 aliphatic rings. The van der Waals surface area contributed by atoms with Gasteiger partial charge in [-0.25, -0.2) is 0 Å². The number of hydrogen-bond acceptors (Lipinski definition) is 1. The molecule has 0 amide bonds. The van der Waals surface area contributed by atoms with E-state index in [2.05, 4.69) is 177 Å². The molecule has 0 saturated heterocycles. The third-order valence-corrected chi connectivity index (χ3v) is 14.6. The van der Waals surface area contributed by atoms with Crippen molar-refractivity contribution in [3.05, 3.63) is 196 Å². The van der Waals surface area contributed by atoms with E-state index in [0.717, 1.165) is 12.8 Å². The highest BCUT2D eigenvalue weighted by molar-refractivity contribution is 5.89. The highest BCUT2D eigenvalue weighted by Gasteiger charge is 2.60. The van der Waals surface area contributed by atoms with Crippen LogP contribution in [0.15, 0.2) is 163 Å². The molecule has 0 aromatic heterocycles. The van der Waals surface area contributed by atoms with Gasteiger partial charge in [0.2, 0.25) is 0 Å². The molecule has 4 unspecified atom stereocenters. The van der Waals surface area contributed by atoms with Gasteiger partial charge < -0.3 is 4.90 Å². The SMILES string of the molecule is CCC1CCCC2c3ccccc3C3(c4ccccc4-c4ccc(N(C5=CC6=C(CC5)c5ccccc5C6(C)C)c5ccc(-c6ccccc6)cc5)cc43)C12. The summed E-state index contributed by atoms with van der Waals surface area (Å²) < 4.78 is 0. The second kappa shape index (κ2) is 12.3. The summed E-state index contributed by atoms with van der Waals surface area (Å²) in [5, 5.41) is 0. The smallest absolute Gasteiger partial charge is 0.0503 e. The molecule has 6 aromatic rings. The number of anilines is 2. The van der Waals surface area contributed by atoms with Crippen molar-refractivity contribution in [2.45, 2.75) is 76.0 Å². The Morgan fingerprint density at radius 1 is 0.582 bits per heavy atom. The van der Waals surface area contributed by atoms with Crippen LogP contribution in [0.1, 0.15) is 98.6 Å². The minimum Gasteiger partial charge on any atom is -0.314 e. The molecule has 0 radical (unpaired) electrons. The van der Waals surface area contributed by atoms with Gasteiger partial charge >= 0.3 is 0 Å². The summed E-state index contributed by atoms with van der Waals surface area (Å²) >= 11 is 0. The minimum absolute atomic E-state index is 0.0389. The van der Waals surface area contributed by atoms with E-state index in [1.54, 1.807) is 11.1 Å². The van der Waals surface area contributed by atoms with Crippen LogP contribution < -0.4 is 4.90 Å². The van der Waals surface area contributed by atoms with Gasteiger partial charge in [0.15, 0.2) is 0 Å². The molecule has 4 atom stereocenters. The Morgan fingerprint density at radius 3 is 2.04 bits per heavy atom. The number of fused-ring (bicyclic) bond motifs is 12. The average Bonchev–Trinajstić information content (AvgIpc) is 3.80. The Morgan fingerprint density at radius 2 is 1.24 bits per heavy atom. The van der Waals surface area contributed by atoms with E-state index in [0.29, 0.717) is 17.8 Å². The van der Waals surface area contributed by atoms with Crippen LogP contribution in [0.5, 0.6) is 0 Å². The van der Waals surface area contributed by atoms with E-state index in [1.807, 2.05) is 0 Å². The molecule has 0 heterocycles. The zero-order chi connectivity index (χ0) is 36.9. The van der Waals surface area contributed by atoms with Crippen molar-refractivity contribution in [2.75, 3.05) is 4.90 Å². The van der Waals surface area contributed by atoms with Crippen LogP contribution in [0.4, 0.5) is 11.4 Å². The van der Waals surface area contributed by atoms with E-state index in [9.17, 15) is 0 Å². The van der Waals surface area contributed by atoms with Gasteiger partial charge in [-0.3, -0.25) is 0 Å². The van der Waals surface area contributed by atoms with Crippen LogP contribution in [-0.2, 0) is 10.8 Å². The lowest BCUT2D eigenvalue weighted by Crippen LogP contribution is -2.40. The Hall–Kier alpha value is -5.40. The quantitative estimate of drug-likeness (QED) is 0.172. The van der Waals surface area contributed by atoms with Crippen LogP contribution in [0.25, 0.3) is 27.8 Å². The van der Waals surface area contributed by atoms with Gasteiger partial charge in [0, 0.05) is 22.5 Å². The highest BCUT2D eigenvalue weighted by Crippen LogP contribution is 2.69. The fourth-order valence-corrected chi connectivity index (χ4v) is 12.3. The minimum atomic E-state index is -0.154. The first-order chi connectivity index (χ1) is 27.0. The lowest BCUT2D eigenvalue weighted by atomic mass is 9.58. The Kier molecular flexibility index (Phi) is 7.38. The van der Waals surface area contributed by atoms with E-state index in [1.165, 1.54) is 98.4 Å². The molecule has 6 aromatic carbocycles. The van der Waals surface area contributed by atoms with E-state index < -0.39 is 0 Å². The van der Waals surface area contributed by atoms with Gasteiger partial charge in [-0.05, 0) is 134 Å². The van der Waals surface area contributed by atoms with E-state index >= 15 is 0 Å². The van der Waals surface area contributed by atoms with Crippen molar-refractivity contribution in [1.29, 1.82) is 0 Å². The summed E-state index contributed by atoms with van der Waals surface area (Å²) in [4.78, 5) is 2.62. The first kappa shape index (κ1) is 33.0. The van der Waals surface area contributed by atoms with Crippen molar-refractivity contribution >= 4 is 16.9 Å². The first-order valence-corrected chi connectivity index (χ1v) is 20.8. The van der Waals surface area contributed by atoms with Gasteiger partial charge in [0.25, 0.3) is 0 Å². The largest absolute Gasteiger partial charge is 0.314 e. The summed E-state index contributed by atoms with van der Waals surface area (Å²) in [6, 6.07) is 55.8. The predicted octanol–water partition coefficient (Wildman–Crippen LogP) is 14.2. The number of hydrogen-bond donors (Lipinski definition) is 0. The second-order valence-electron chi connectivity index (χ2n) is 17.3. The summed E-state index contributed by atoms with van der Waals surface area (Å²) in [6.45, 7) is 7.29. The molecule has 1 saturated carbocycles. The summed E-state index contributed by atoms with van der Waals surface area (Å²) in [5.74, 6) is 1.84. The molecule has 0 aliphatic heterocycles. The van der Waals surface area contributed by atoms with E-state index in [-0.39, 0.29) is 10.8 Å². The summed E-state index contributed by atoms with van der Waals surface area (Å²) in [5.41, 5.74) is 21.1. The molecule has 55 heavy (non-hydrogen) atoms. The van der Waals surface area contributed by atoms with Gasteiger partial charge in [-0.1, -0.05) is 161 Å². The molecule has 11 rings (SSSR count). The predicted molar refractivity (Wildman–Crippen MR) is 230 cm³/mol. The van der Waals surface area contributed by atoms with Gasteiger partial charge in [0.1, 0.15) is 0 Å². The Balaban J connectivity index is 1.13. The fourth-order valence-electron chi connectivity index (χ4n) is 12.3. The van der Waals surface area contributed by atoms with Crippen LogP contribution >= 0.6 is 0 Å². The van der Waals surface area contributed by atoms with Gasteiger partial charge in [0.05, 0.1) is 5.41 Å². The number of benzene rings is 6. The van der Waals surface area contributed by atoms with E-state index in [4.69, 9.17) is 0 Å². The number of allylic oxidation sites excluding steroid dienone is 4. The topological polar surface area (TPSA) is 3.24 Å². The third kappa shape index (κ3) is 4.59. The monoisotopic (exact) mass is 711 g/mol. The third-order valence-electron chi connectivity index (χ3n) is 14.6. The molecule has 1 spiro atoms. The maximum Gasteiger partial charge on any atom is 0.0503 e. The van der Waals surface area contributed by atoms with Crippen LogP contribution in [-0.4, -0.2) is 0 Å². The van der Waals surface area contributed by atoms with Gasteiger partial charge in [-0.15, -0.1) is 0 Å². The molecule has 1 fully saturated rings. The van der Waals surface area contributed by atoms with Crippen molar-refractivity contribution in [3.8, 4) is 22.3 Å². The summed E-state index contributed by atoms with van der Waals surface area (Å²) in [7, 11) is 0. The number of rotatable bonds is 5. The standard InChI is InChI=1S/C54H49N/c1-4-35-17-14-21-46-43-20-10-13-24-49(43)54(52(35)46)48-23-12-9-19-42(48)45-32-30-40(34-51(45)54)55(38-27-25-37(26-28-38)36-15-6-5-7-16-36)39-29-31-44-41-18-8-11-22-47(41)53(2,3)50(44)33-39/h5-13,15-16,18-20,22-28,30,32-35,46,52H,4,14,17,21,29,31H2,1-3H3. The molecule has 270 valence electrons. The van der Waals surface area contributed by atoms with Crippen LogP contribution in [0, 0.1) is 11.8 Å². The lowest BCUT2D eigenvalue weighted by Gasteiger charge is -2.44. The van der Waals surface area contributed by atoms with Crippen molar-refractivity contribution in [1.82, 2.24) is 0 Å². The average molecular weight is 712 g/mol. The van der Waals surface area contributed by atoms with Crippen molar-refractivity contribution in [3.63, 3.8) is 0 Å². The zero-order valence-electron chi connectivity index (χ0n) is 32.4. The molecular formula is C54H49N. The van der Waals surface area contributed by atoms with Crippen LogP contribution in [0.3, 0.4) is 0 Å². The Bertz CT molecular complexity index is 2550. The lowest BCUT2D eigenvalue weighted by molar-refractivity contribution is 0.165. The fraction of sp³-hybridized carbons (Fsp3) is 0.259. The van der Waals surface area contributed by atoms with Crippen molar-refractivity contribution in [2.24, 2.45) is 11.8 Å². The molecule has 1 heteroatoms. The van der Waals surface area contributed by atoms with Gasteiger partial charge in [-0.2, -0.15) is 0 Å². The zero-order valence-corrected chi connectivity index (χ0v) is 32.4. The maximum absolute atomic E-state index is 2.64. The first-order valence-electron chi connectivity index (χ1n) is 20.8. The molecule has 0 bridgehead atoms. The molecular weight excluding hydrogens is 663 g/mol. The van der Waals surface area contributed by atoms with Crippen LogP contribution in [0.2, 0.25) is 0 Å². The normalized spacial score (nSPS) is 23.7. The maximum atomic E-state index is 2.64. The molecule has 5 aliphatic carbocycles. The molecule has 0 N–H and O–H groups in total. The Labute approximate surface area is 327 Å². The van der Waals surface area contributed by atoms with Crippen molar-refractivity contribution < 1.29 is 0 Å². The number of nitrogens with zero attached hydrogens (tertiary/aromatic N) is 1. The summed E-state index contributed by atoms with van der Waals surface area (Å²) in [6.07, 6.45) is 9.80. The second-order valence-corrected chi connectivity index (χ2v) is 17.3. The highest BCUT2D eigenvalue weighted by atomic mass is 15.1.